The molecule has 0 radical (unpaired) electrons. The van der Waals surface area contributed by atoms with Crippen LogP contribution < -0.4 is 10.9 Å². The molecule has 0 saturated heterocycles. The number of carbonyl (C=O) groups is 1. The minimum absolute atomic E-state index is 0.0639. The molecule has 0 bridgehead atoms. The van der Waals surface area contributed by atoms with Crippen LogP contribution in [0.3, 0.4) is 0 Å². The van der Waals surface area contributed by atoms with Crippen LogP contribution in [0.2, 0.25) is 0 Å². The Balaban J connectivity index is 1.99. The second-order valence-electron chi connectivity index (χ2n) is 5.94. The summed E-state index contributed by atoms with van der Waals surface area (Å²) in [6.45, 7) is 4.03. The minimum atomic E-state index is -0.316. The van der Waals surface area contributed by atoms with Crippen LogP contribution in [0.1, 0.15) is 60.5 Å². The largest absolute Gasteiger partial charge is 0.349 e. The first-order valence-electron chi connectivity index (χ1n) is 7.95. The number of aryl methyl sites for hydroxylation is 2. The van der Waals surface area contributed by atoms with Crippen LogP contribution in [0.15, 0.2) is 11.0 Å². The molecule has 6 heteroatoms. The van der Waals surface area contributed by atoms with Gasteiger partial charge in [0.1, 0.15) is 5.56 Å². The summed E-state index contributed by atoms with van der Waals surface area (Å²) >= 11 is 1.58. The number of carbonyl (C=O) groups excluding carboxylic acids is 1. The highest BCUT2D eigenvalue weighted by molar-refractivity contribution is 7.17. The Labute approximate surface area is 133 Å². The Hall–Kier alpha value is -1.69. The second kappa shape index (κ2) is 6.20. The average molecular weight is 319 g/mol. The molecule has 2 aromatic rings. The summed E-state index contributed by atoms with van der Waals surface area (Å²) in [6, 6.07) is 0.0639. The Bertz CT molecular complexity index is 763. The second-order valence-corrected chi connectivity index (χ2v) is 7.00. The fraction of sp³-hybridized carbons (Fsp3) is 0.562. The van der Waals surface area contributed by atoms with Gasteiger partial charge in [-0.2, -0.15) is 0 Å². The minimum Gasteiger partial charge on any atom is -0.349 e. The third kappa shape index (κ3) is 2.67. The summed E-state index contributed by atoms with van der Waals surface area (Å²) < 4.78 is 1.65. The fourth-order valence-corrected chi connectivity index (χ4v) is 4.20. The molecule has 1 aliphatic rings. The molecule has 1 N–H and O–H groups in total. The highest BCUT2D eigenvalue weighted by Gasteiger charge is 2.21. The summed E-state index contributed by atoms with van der Waals surface area (Å²) in [5.41, 5.74) is 0.970. The van der Waals surface area contributed by atoms with Crippen molar-refractivity contribution in [1.82, 2.24) is 14.7 Å². The zero-order chi connectivity index (χ0) is 15.7. The van der Waals surface area contributed by atoms with Gasteiger partial charge in [0.05, 0.1) is 0 Å². The molecule has 0 aliphatic heterocycles. The van der Waals surface area contributed by atoms with Crippen molar-refractivity contribution in [3.63, 3.8) is 0 Å². The Morgan fingerprint density at radius 2 is 2.23 bits per heavy atom. The molecule has 0 aromatic carbocycles. The van der Waals surface area contributed by atoms with Crippen molar-refractivity contribution in [3.05, 3.63) is 32.7 Å². The molecule has 2 heterocycles. The molecular formula is C16H21N3O2S. The molecule has 3 rings (SSSR count). The zero-order valence-corrected chi connectivity index (χ0v) is 13.8. The monoisotopic (exact) mass is 319 g/mol. The first kappa shape index (κ1) is 15.2. The number of fused-ring (bicyclic) bond motifs is 3. The molecule has 2 aromatic heterocycles. The molecule has 5 nitrogen and oxygen atoms in total. The number of nitrogens with zero attached hydrogens (tertiary/aromatic N) is 2. The Morgan fingerprint density at radius 3 is 3.00 bits per heavy atom. The lowest BCUT2D eigenvalue weighted by Gasteiger charge is -2.13. The van der Waals surface area contributed by atoms with Gasteiger partial charge in [0, 0.05) is 22.8 Å². The van der Waals surface area contributed by atoms with Gasteiger partial charge < -0.3 is 5.32 Å². The van der Waals surface area contributed by atoms with Crippen molar-refractivity contribution < 1.29 is 4.79 Å². The number of thiazole rings is 1. The van der Waals surface area contributed by atoms with E-state index in [1.807, 2.05) is 6.92 Å². The third-order valence-electron chi connectivity index (χ3n) is 4.15. The lowest BCUT2D eigenvalue weighted by Crippen LogP contribution is -2.37. The van der Waals surface area contributed by atoms with Crippen molar-refractivity contribution in [2.45, 2.75) is 58.4 Å². The van der Waals surface area contributed by atoms with E-state index in [9.17, 15) is 9.59 Å². The van der Waals surface area contributed by atoms with Crippen molar-refractivity contribution in [1.29, 1.82) is 0 Å². The van der Waals surface area contributed by atoms with Crippen LogP contribution in [0.4, 0.5) is 0 Å². The predicted molar refractivity (Wildman–Crippen MR) is 87.8 cm³/mol. The summed E-state index contributed by atoms with van der Waals surface area (Å²) in [6.07, 6.45) is 7.48. The standard InChI is InChI=1S/C16H21N3O2S/c1-3-6-10(2)18-14(20)11-9-17-16-19(15(11)21)12-7-4-5-8-13(12)22-16/h9-10H,3-8H2,1-2H3,(H,18,20)/t10-/m0/s1. The van der Waals surface area contributed by atoms with Gasteiger partial charge in [-0.3, -0.25) is 14.0 Å². The summed E-state index contributed by atoms with van der Waals surface area (Å²) in [5, 5.41) is 2.89. The van der Waals surface area contributed by atoms with E-state index < -0.39 is 0 Å². The van der Waals surface area contributed by atoms with E-state index in [0.29, 0.717) is 4.96 Å². The topological polar surface area (TPSA) is 63.5 Å². The van der Waals surface area contributed by atoms with Gasteiger partial charge in [0.15, 0.2) is 4.96 Å². The van der Waals surface area contributed by atoms with E-state index in [1.54, 1.807) is 15.7 Å². The quantitative estimate of drug-likeness (QED) is 0.942. The third-order valence-corrected chi connectivity index (χ3v) is 5.30. The van der Waals surface area contributed by atoms with Crippen LogP contribution in [0.5, 0.6) is 0 Å². The highest BCUT2D eigenvalue weighted by Crippen LogP contribution is 2.28. The number of rotatable bonds is 4. The first-order valence-corrected chi connectivity index (χ1v) is 8.76. The van der Waals surface area contributed by atoms with E-state index >= 15 is 0 Å². The number of amides is 1. The van der Waals surface area contributed by atoms with Crippen molar-refractivity contribution in [3.8, 4) is 0 Å². The van der Waals surface area contributed by atoms with E-state index in [2.05, 4.69) is 17.2 Å². The molecule has 0 fully saturated rings. The molecule has 0 unspecified atom stereocenters. The van der Waals surface area contributed by atoms with E-state index in [1.165, 1.54) is 11.1 Å². The Kier molecular flexibility index (Phi) is 4.29. The van der Waals surface area contributed by atoms with E-state index in [0.717, 1.165) is 44.2 Å². The van der Waals surface area contributed by atoms with Crippen molar-refractivity contribution >= 4 is 22.2 Å². The van der Waals surface area contributed by atoms with Crippen LogP contribution in [-0.2, 0) is 12.8 Å². The van der Waals surface area contributed by atoms with Crippen LogP contribution in [0, 0.1) is 0 Å². The van der Waals surface area contributed by atoms with Crippen LogP contribution in [0.25, 0.3) is 4.96 Å². The molecule has 0 spiro atoms. The molecule has 1 amide bonds. The number of aromatic nitrogens is 2. The van der Waals surface area contributed by atoms with Gasteiger partial charge in [0.2, 0.25) is 0 Å². The number of hydrogen-bond donors (Lipinski definition) is 1. The summed E-state index contributed by atoms with van der Waals surface area (Å²) in [7, 11) is 0. The van der Waals surface area contributed by atoms with Crippen molar-refractivity contribution in [2.24, 2.45) is 0 Å². The maximum atomic E-state index is 12.7. The molecule has 1 aliphatic carbocycles. The highest BCUT2D eigenvalue weighted by atomic mass is 32.1. The summed E-state index contributed by atoms with van der Waals surface area (Å²) in [5.74, 6) is -0.316. The maximum Gasteiger partial charge on any atom is 0.271 e. The SMILES string of the molecule is CCC[C@H](C)NC(=O)c1cnc2sc3c(n2c1=O)CCCC3. The lowest BCUT2D eigenvalue weighted by molar-refractivity contribution is 0.0936. The average Bonchev–Trinajstić information content (AvgIpc) is 2.86. The van der Waals surface area contributed by atoms with E-state index in [-0.39, 0.29) is 23.1 Å². The van der Waals surface area contributed by atoms with Crippen molar-refractivity contribution in [2.75, 3.05) is 0 Å². The van der Waals surface area contributed by atoms with Gasteiger partial charge in [-0.25, -0.2) is 4.98 Å². The molecule has 0 saturated carbocycles. The van der Waals surface area contributed by atoms with Gasteiger partial charge in [0.25, 0.3) is 11.5 Å². The lowest BCUT2D eigenvalue weighted by atomic mass is 10.0. The summed E-state index contributed by atoms with van der Waals surface area (Å²) in [4.78, 5) is 31.3. The Morgan fingerprint density at radius 1 is 1.45 bits per heavy atom. The number of nitrogens with one attached hydrogen (secondary N) is 1. The molecule has 22 heavy (non-hydrogen) atoms. The van der Waals surface area contributed by atoms with Gasteiger partial charge >= 0.3 is 0 Å². The van der Waals surface area contributed by atoms with Gasteiger partial charge in [-0.1, -0.05) is 13.3 Å². The normalized spacial score (nSPS) is 15.5. The molecule has 118 valence electrons. The molecule has 1 atom stereocenters. The van der Waals surface area contributed by atoms with Crippen LogP contribution >= 0.6 is 11.3 Å². The van der Waals surface area contributed by atoms with E-state index in [4.69, 9.17) is 0 Å². The fourth-order valence-electron chi connectivity index (χ4n) is 3.03. The number of hydrogen-bond acceptors (Lipinski definition) is 4. The van der Waals surface area contributed by atoms with Gasteiger partial charge in [-0.15, -0.1) is 11.3 Å². The van der Waals surface area contributed by atoms with Gasteiger partial charge in [-0.05, 0) is 39.0 Å². The van der Waals surface area contributed by atoms with Crippen LogP contribution in [-0.4, -0.2) is 21.3 Å². The zero-order valence-electron chi connectivity index (χ0n) is 13.0. The molecular weight excluding hydrogens is 298 g/mol. The smallest absolute Gasteiger partial charge is 0.271 e. The predicted octanol–water partition coefficient (Wildman–Crippen LogP) is 2.55. The first-order chi connectivity index (χ1) is 10.6. The maximum absolute atomic E-state index is 12.7.